The van der Waals surface area contributed by atoms with Crippen molar-refractivity contribution in [1.82, 2.24) is 0 Å². The van der Waals surface area contributed by atoms with Gasteiger partial charge in [-0.25, -0.2) is 0 Å². The molecule has 0 radical (unpaired) electrons. The van der Waals surface area contributed by atoms with Crippen LogP contribution in [0.2, 0.25) is 0 Å². The second-order valence-corrected chi connectivity index (χ2v) is 7.65. The van der Waals surface area contributed by atoms with E-state index in [1.807, 2.05) is 0 Å². The smallest absolute Gasteiger partial charge is 0.195 e. The monoisotopic (exact) mass is 420 g/mol. The Hall–Kier alpha value is -2.72. The Morgan fingerprint density at radius 1 is 1.17 bits per heavy atom. The number of ether oxygens (including phenoxy) is 1. The van der Waals surface area contributed by atoms with Gasteiger partial charge in [0.1, 0.15) is 35.6 Å². The van der Waals surface area contributed by atoms with Crippen LogP contribution >= 0.6 is 0 Å². The van der Waals surface area contributed by atoms with Crippen LogP contribution in [0.5, 0.6) is 17.2 Å². The summed E-state index contributed by atoms with van der Waals surface area (Å²) in [6.45, 7) is 2.66. The van der Waals surface area contributed by atoms with E-state index in [2.05, 4.69) is 0 Å². The number of aliphatic hydroxyl groups is 3. The molecule has 0 aromatic heterocycles. The highest BCUT2D eigenvalue weighted by Crippen LogP contribution is 2.45. The lowest BCUT2D eigenvalue weighted by Gasteiger charge is -2.34. The van der Waals surface area contributed by atoms with E-state index in [9.17, 15) is 40.2 Å². The Labute approximate surface area is 171 Å². The number of fused-ring (bicyclic) bond motifs is 2. The van der Waals surface area contributed by atoms with Crippen molar-refractivity contribution in [3.63, 3.8) is 0 Å². The van der Waals surface area contributed by atoms with Gasteiger partial charge in [-0.05, 0) is 43.4 Å². The van der Waals surface area contributed by atoms with Crippen molar-refractivity contribution in [2.24, 2.45) is 5.92 Å². The Balaban J connectivity index is 2.14. The lowest BCUT2D eigenvalue weighted by atomic mass is 9.75. The van der Waals surface area contributed by atoms with Crippen LogP contribution in [0.25, 0.3) is 10.8 Å². The minimum atomic E-state index is -1.76. The van der Waals surface area contributed by atoms with Gasteiger partial charge in [0, 0.05) is 18.6 Å². The van der Waals surface area contributed by atoms with Crippen LogP contribution in [0.15, 0.2) is 12.1 Å². The van der Waals surface area contributed by atoms with E-state index in [1.165, 1.54) is 33.1 Å². The number of Topliss-reactive ketones (excluding diaryl/α,β-unsaturated/α-hetero) is 2. The predicted molar refractivity (Wildman–Crippen MR) is 105 cm³/mol. The summed E-state index contributed by atoms with van der Waals surface area (Å²) in [7, 11) is 1.18. The summed E-state index contributed by atoms with van der Waals surface area (Å²) in [6.07, 6.45) is -6.32. The molecule has 0 fully saturated rings. The number of carbonyl (C=O) groups excluding carboxylic acids is 2. The van der Waals surface area contributed by atoms with Gasteiger partial charge < -0.3 is 35.4 Å². The molecule has 9 heteroatoms. The number of hydrogen-bond donors (Lipinski definition) is 6. The molecular weight excluding hydrogens is 396 g/mol. The molecule has 0 bridgehead atoms. The third kappa shape index (κ3) is 3.29. The third-order valence-electron chi connectivity index (χ3n) is 5.73. The van der Waals surface area contributed by atoms with E-state index < -0.39 is 47.6 Å². The van der Waals surface area contributed by atoms with Crippen LogP contribution in [-0.2, 0) is 16.0 Å². The number of methoxy groups -OCH3 is 1. The maximum absolute atomic E-state index is 12.9. The first-order valence-electron chi connectivity index (χ1n) is 9.36. The molecule has 0 heterocycles. The van der Waals surface area contributed by atoms with Crippen LogP contribution in [0.1, 0.15) is 28.4 Å². The molecule has 0 spiro atoms. The van der Waals surface area contributed by atoms with Gasteiger partial charge in [-0.3, -0.25) is 9.59 Å². The summed E-state index contributed by atoms with van der Waals surface area (Å²) in [4.78, 5) is 25.4. The lowest BCUT2D eigenvalue weighted by Crippen LogP contribution is -2.50. The second-order valence-electron chi connectivity index (χ2n) is 7.65. The van der Waals surface area contributed by atoms with Gasteiger partial charge in [0.2, 0.25) is 0 Å². The standard InChI is InChI=1S/C21H24O9/c1-7-12(23)6-10-4-9-5-11(21(30-3)20(29)16(25)8(2)22)17(26)19(28)14(9)18(27)13(10)15(7)24/h4,6,8,11,16-17,21-27H,5H2,1-3H3/t8-,11-,16-,17+,21+/m1/s1. The van der Waals surface area contributed by atoms with Gasteiger partial charge in [-0.1, -0.05) is 0 Å². The number of aromatic hydroxyl groups is 3. The molecule has 162 valence electrons. The van der Waals surface area contributed by atoms with Crippen LogP contribution in [0, 0.1) is 12.8 Å². The fourth-order valence-corrected chi connectivity index (χ4v) is 4.00. The molecular formula is C21H24O9. The molecule has 6 N–H and O–H groups in total. The van der Waals surface area contributed by atoms with Crippen LogP contribution in [0.3, 0.4) is 0 Å². The number of carbonyl (C=O) groups is 2. The number of ketones is 2. The highest BCUT2D eigenvalue weighted by atomic mass is 16.5. The number of rotatable bonds is 5. The van der Waals surface area contributed by atoms with Crippen molar-refractivity contribution in [3.05, 3.63) is 28.8 Å². The Bertz CT molecular complexity index is 1030. The maximum Gasteiger partial charge on any atom is 0.195 e. The van der Waals surface area contributed by atoms with E-state index in [0.29, 0.717) is 0 Å². The molecule has 3 rings (SSSR count). The SMILES string of the molecule is CO[C@H](C(=O)[C@H](O)[C@@H](C)O)[C@@H]1Cc2cc3cc(O)c(C)c(O)c3c(O)c2C(=O)[C@H]1O. The van der Waals surface area contributed by atoms with E-state index in [0.717, 1.165) is 0 Å². The average molecular weight is 420 g/mol. The molecule has 0 saturated carbocycles. The van der Waals surface area contributed by atoms with Gasteiger partial charge in [-0.2, -0.15) is 0 Å². The second kappa shape index (κ2) is 7.84. The van der Waals surface area contributed by atoms with Gasteiger partial charge in [0.25, 0.3) is 0 Å². The Morgan fingerprint density at radius 3 is 2.37 bits per heavy atom. The van der Waals surface area contributed by atoms with E-state index in [4.69, 9.17) is 4.74 Å². The topological polar surface area (TPSA) is 165 Å². The van der Waals surface area contributed by atoms with Crippen LogP contribution in [-0.4, -0.2) is 73.7 Å². The summed E-state index contributed by atoms with van der Waals surface area (Å²) in [5.74, 6) is -3.96. The maximum atomic E-state index is 12.9. The number of hydrogen-bond acceptors (Lipinski definition) is 9. The third-order valence-corrected chi connectivity index (χ3v) is 5.73. The Kier molecular flexibility index (Phi) is 5.74. The molecule has 2 aromatic carbocycles. The van der Waals surface area contributed by atoms with Gasteiger partial charge in [0.15, 0.2) is 11.6 Å². The molecule has 0 aliphatic heterocycles. The number of phenolic OH excluding ortho intramolecular Hbond substituents is 3. The molecule has 30 heavy (non-hydrogen) atoms. The van der Waals surface area contributed by atoms with Crippen molar-refractivity contribution in [2.45, 2.75) is 44.7 Å². The molecule has 1 aliphatic carbocycles. The highest BCUT2D eigenvalue weighted by molar-refractivity contribution is 6.11. The summed E-state index contributed by atoms with van der Waals surface area (Å²) in [6, 6.07) is 2.80. The van der Waals surface area contributed by atoms with Gasteiger partial charge in [-0.15, -0.1) is 0 Å². The molecule has 2 aromatic rings. The molecule has 0 unspecified atom stereocenters. The zero-order chi connectivity index (χ0) is 22.5. The fourth-order valence-electron chi connectivity index (χ4n) is 4.00. The van der Waals surface area contributed by atoms with Crippen molar-refractivity contribution >= 4 is 22.3 Å². The molecule has 1 aliphatic rings. The molecule has 0 amide bonds. The number of benzene rings is 2. The van der Waals surface area contributed by atoms with E-state index in [1.54, 1.807) is 0 Å². The minimum absolute atomic E-state index is 0.0352. The molecule has 9 nitrogen and oxygen atoms in total. The fraction of sp³-hybridized carbons (Fsp3) is 0.429. The Morgan fingerprint density at radius 2 is 1.80 bits per heavy atom. The van der Waals surface area contributed by atoms with E-state index >= 15 is 0 Å². The first kappa shape index (κ1) is 22.0. The van der Waals surface area contributed by atoms with Crippen molar-refractivity contribution in [2.75, 3.05) is 7.11 Å². The number of aliphatic hydroxyl groups excluding tert-OH is 3. The zero-order valence-corrected chi connectivity index (χ0v) is 16.7. The van der Waals surface area contributed by atoms with Crippen LogP contribution < -0.4 is 0 Å². The predicted octanol–water partition coefficient (Wildman–Crippen LogP) is 0.307. The van der Waals surface area contributed by atoms with E-state index in [-0.39, 0.29) is 45.4 Å². The van der Waals surface area contributed by atoms with Crippen molar-refractivity contribution in [1.29, 1.82) is 0 Å². The zero-order valence-electron chi connectivity index (χ0n) is 16.7. The lowest BCUT2D eigenvalue weighted by molar-refractivity contribution is -0.148. The quantitative estimate of drug-likeness (QED) is 0.399. The van der Waals surface area contributed by atoms with Crippen molar-refractivity contribution < 1.29 is 45.0 Å². The first-order chi connectivity index (χ1) is 14.0. The number of phenols is 3. The minimum Gasteiger partial charge on any atom is -0.508 e. The largest absolute Gasteiger partial charge is 0.508 e. The molecule has 0 saturated heterocycles. The summed E-state index contributed by atoms with van der Waals surface area (Å²) in [5, 5.41) is 61.2. The summed E-state index contributed by atoms with van der Waals surface area (Å²) < 4.78 is 5.15. The van der Waals surface area contributed by atoms with Crippen molar-refractivity contribution in [3.8, 4) is 17.2 Å². The molecule has 5 atom stereocenters. The van der Waals surface area contributed by atoms with Crippen LogP contribution in [0.4, 0.5) is 0 Å². The summed E-state index contributed by atoms with van der Waals surface area (Å²) in [5.41, 5.74) is 0.214. The first-order valence-corrected chi connectivity index (χ1v) is 9.36. The summed E-state index contributed by atoms with van der Waals surface area (Å²) >= 11 is 0. The highest BCUT2D eigenvalue weighted by Gasteiger charge is 2.45. The average Bonchev–Trinajstić information content (AvgIpc) is 2.69. The van der Waals surface area contributed by atoms with Gasteiger partial charge in [0.05, 0.1) is 17.1 Å². The van der Waals surface area contributed by atoms with Gasteiger partial charge >= 0.3 is 0 Å². The normalized spacial score (nSPS) is 21.9.